The molecule has 0 spiro atoms. The van der Waals surface area contributed by atoms with E-state index in [4.69, 9.17) is 5.73 Å². The van der Waals surface area contributed by atoms with Crippen LogP contribution in [0.2, 0.25) is 0 Å². The van der Waals surface area contributed by atoms with E-state index in [1.165, 1.54) is 6.07 Å². The Kier molecular flexibility index (Phi) is 7.76. The van der Waals surface area contributed by atoms with E-state index >= 15 is 0 Å². The van der Waals surface area contributed by atoms with Gasteiger partial charge in [-0.25, -0.2) is 4.39 Å². The van der Waals surface area contributed by atoms with Gasteiger partial charge in [0.2, 0.25) is 5.91 Å². The molecule has 0 bridgehead atoms. The molecule has 0 saturated heterocycles. The minimum atomic E-state index is -0.434. The normalized spacial score (nSPS) is 13.5. The molecule has 0 aromatic heterocycles. The van der Waals surface area contributed by atoms with Crippen LogP contribution in [0.25, 0.3) is 0 Å². The summed E-state index contributed by atoms with van der Waals surface area (Å²) >= 11 is 0. The van der Waals surface area contributed by atoms with Crippen molar-refractivity contribution >= 4 is 18.3 Å². The molecule has 1 unspecified atom stereocenters. The van der Waals surface area contributed by atoms with Gasteiger partial charge in [-0.05, 0) is 30.9 Å². The van der Waals surface area contributed by atoms with Gasteiger partial charge in [0.1, 0.15) is 5.82 Å². The second-order valence-corrected chi connectivity index (χ2v) is 5.68. The van der Waals surface area contributed by atoms with Crippen molar-refractivity contribution < 1.29 is 9.18 Å². The summed E-state index contributed by atoms with van der Waals surface area (Å²) in [6.07, 6.45) is 0.840. The highest BCUT2D eigenvalue weighted by molar-refractivity contribution is 5.85. The van der Waals surface area contributed by atoms with E-state index in [1.807, 2.05) is 6.92 Å². The first kappa shape index (κ1) is 18.9. The highest BCUT2D eigenvalue weighted by Gasteiger charge is 2.25. The molecule has 3 nitrogen and oxygen atoms in total. The van der Waals surface area contributed by atoms with Crippen molar-refractivity contribution in [2.24, 2.45) is 11.7 Å². The van der Waals surface area contributed by atoms with Crippen molar-refractivity contribution in [3.63, 3.8) is 0 Å². The van der Waals surface area contributed by atoms with Crippen molar-refractivity contribution in [3.8, 4) is 0 Å². The third-order valence-corrected chi connectivity index (χ3v) is 3.06. The summed E-state index contributed by atoms with van der Waals surface area (Å²) in [7, 11) is 0. The Hall–Kier alpha value is -1.13. The van der Waals surface area contributed by atoms with Crippen LogP contribution in [0.3, 0.4) is 0 Å². The summed E-state index contributed by atoms with van der Waals surface area (Å²) in [6.45, 7) is 6.45. The maximum Gasteiger partial charge on any atom is 0.224 e. The van der Waals surface area contributed by atoms with Gasteiger partial charge in [0.05, 0.1) is 6.42 Å². The Bertz CT molecular complexity index is 440. The highest BCUT2D eigenvalue weighted by atomic mass is 35.5. The molecule has 1 atom stereocenters. The van der Waals surface area contributed by atoms with Crippen LogP contribution in [-0.2, 0) is 11.2 Å². The zero-order chi connectivity index (χ0) is 14.5. The topological polar surface area (TPSA) is 55.1 Å². The van der Waals surface area contributed by atoms with Crippen LogP contribution in [0.15, 0.2) is 24.3 Å². The van der Waals surface area contributed by atoms with E-state index in [0.717, 1.165) is 6.42 Å². The summed E-state index contributed by atoms with van der Waals surface area (Å²) < 4.78 is 13.5. The van der Waals surface area contributed by atoms with Crippen molar-refractivity contribution in [3.05, 3.63) is 35.6 Å². The Balaban J connectivity index is 0.00000361. The lowest BCUT2D eigenvalue weighted by molar-refractivity contribution is -0.122. The van der Waals surface area contributed by atoms with Gasteiger partial charge < -0.3 is 11.1 Å². The molecule has 1 amide bonds. The van der Waals surface area contributed by atoms with Gasteiger partial charge in [-0.1, -0.05) is 32.0 Å². The summed E-state index contributed by atoms with van der Waals surface area (Å²) in [5.74, 6) is -0.114. The molecule has 0 aliphatic heterocycles. The van der Waals surface area contributed by atoms with Gasteiger partial charge in [-0.2, -0.15) is 0 Å². The van der Waals surface area contributed by atoms with Gasteiger partial charge in [-0.3, -0.25) is 4.79 Å². The first-order chi connectivity index (χ1) is 8.86. The second-order valence-electron chi connectivity index (χ2n) is 5.68. The maximum atomic E-state index is 13.5. The predicted molar refractivity (Wildman–Crippen MR) is 82.4 cm³/mol. The molecular formula is C15H24ClFN2O. The van der Waals surface area contributed by atoms with Crippen LogP contribution in [-0.4, -0.2) is 18.0 Å². The van der Waals surface area contributed by atoms with E-state index in [1.54, 1.807) is 18.2 Å². The molecule has 5 heteroatoms. The van der Waals surface area contributed by atoms with Gasteiger partial charge in [-0.15, -0.1) is 12.4 Å². The second kappa shape index (κ2) is 8.22. The summed E-state index contributed by atoms with van der Waals surface area (Å²) in [5.41, 5.74) is 5.71. The third kappa shape index (κ3) is 5.88. The number of amides is 1. The third-order valence-electron chi connectivity index (χ3n) is 3.06. The van der Waals surface area contributed by atoms with Crippen molar-refractivity contribution in [1.29, 1.82) is 0 Å². The van der Waals surface area contributed by atoms with Crippen molar-refractivity contribution in [2.75, 3.05) is 6.54 Å². The zero-order valence-corrected chi connectivity index (χ0v) is 13.1. The summed E-state index contributed by atoms with van der Waals surface area (Å²) in [4.78, 5) is 12.0. The van der Waals surface area contributed by atoms with E-state index in [9.17, 15) is 9.18 Å². The monoisotopic (exact) mass is 302 g/mol. The van der Waals surface area contributed by atoms with Gasteiger partial charge in [0.15, 0.2) is 0 Å². The van der Waals surface area contributed by atoms with Crippen molar-refractivity contribution in [2.45, 2.75) is 39.2 Å². The first-order valence-corrected chi connectivity index (χ1v) is 6.61. The number of carbonyl (C=O) groups is 1. The quantitative estimate of drug-likeness (QED) is 0.849. The predicted octanol–water partition coefficient (Wildman–Crippen LogP) is 2.67. The van der Waals surface area contributed by atoms with Crippen LogP contribution in [0.5, 0.6) is 0 Å². The SMILES string of the molecule is CC(C)CC(C)(CN)NC(=O)Cc1ccccc1F.Cl. The number of nitrogens with two attached hydrogens (primary N) is 1. The largest absolute Gasteiger partial charge is 0.349 e. The molecule has 0 radical (unpaired) electrons. The highest BCUT2D eigenvalue weighted by Crippen LogP contribution is 2.16. The molecule has 114 valence electrons. The minimum Gasteiger partial charge on any atom is -0.349 e. The number of nitrogens with one attached hydrogen (secondary N) is 1. The van der Waals surface area contributed by atoms with E-state index in [0.29, 0.717) is 18.0 Å². The molecule has 0 aliphatic carbocycles. The molecule has 0 heterocycles. The average Bonchev–Trinajstić information content (AvgIpc) is 2.31. The lowest BCUT2D eigenvalue weighted by Crippen LogP contribution is -2.52. The Morgan fingerprint density at radius 3 is 2.50 bits per heavy atom. The summed E-state index contributed by atoms with van der Waals surface area (Å²) in [5, 5.41) is 2.92. The lowest BCUT2D eigenvalue weighted by Gasteiger charge is -2.31. The Labute approximate surface area is 126 Å². The molecule has 0 saturated carbocycles. The van der Waals surface area contributed by atoms with Crippen LogP contribution in [0.4, 0.5) is 4.39 Å². The van der Waals surface area contributed by atoms with E-state index < -0.39 is 5.54 Å². The Morgan fingerprint density at radius 2 is 2.00 bits per heavy atom. The zero-order valence-electron chi connectivity index (χ0n) is 12.3. The maximum absolute atomic E-state index is 13.5. The van der Waals surface area contributed by atoms with Gasteiger partial charge >= 0.3 is 0 Å². The standard InChI is InChI=1S/C15H23FN2O.ClH/c1-11(2)9-15(3,10-17)18-14(19)8-12-6-4-5-7-13(12)16;/h4-7,11H,8-10,17H2,1-3H3,(H,18,19);1H. The minimum absolute atomic E-state index is 0. The fourth-order valence-electron chi connectivity index (χ4n) is 2.28. The average molecular weight is 303 g/mol. The smallest absolute Gasteiger partial charge is 0.224 e. The molecule has 0 fully saturated rings. The lowest BCUT2D eigenvalue weighted by atomic mass is 9.90. The van der Waals surface area contributed by atoms with Crippen molar-refractivity contribution in [1.82, 2.24) is 5.32 Å². The number of rotatable bonds is 6. The first-order valence-electron chi connectivity index (χ1n) is 6.61. The van der Waals surface area contributed by atoms with Crippen LogP contribution in [0.1, 0.15) is 32.8 Å². The number of halogens is 2. The number of hydrogen-bond acceptors (Lipinski definition) is 2. The van der Waals surface area contributed by atoms with Gasteiger partial charge in [0, 0.05) is 12.1 Å². The fraction of sp³-hybridized carbons (Fsp3) is 0.533. The molecule has 1 rings (SSSR count). The molecule has 0 aliphatic rings. The van der Waals surface area contributed by atoms with Gasteiger partial charge in [0.25, 0.3) is 0 Å². The van der Waals surface area contributed by atoms with Crippen LogP contribution in [0, 0.1) is 11.7 Å². The molecule has 20 heavy (non-hydrogen) atoms. The number of carbonyl (C=O) groups excluding carboxylic acids is 1. The van der Waals surface area contributed by atoms with Crippen LogP contribution < -0.4 is 11.1 Å². The molecule has 1 aromatic carbocycles. The Morgan fingerprint density at radius 1 is 1.40 bits per heavy atom. The molecular weight excluding hydrogens is 279 g/mol. The summed E-state index contributed by atoms with van der Waals surface area (Å²) in [6, 6.07) is 6.32. The number of hydrogen-bond donors (Lipinski definition) is 2. The van der Waals surface area contributed by atoms with E-state index in [2.05, 4.69) is 19.2 Å². The van der Waals surface area contributed by atoms with Crippen LogP contribution >= 0.6 is 12.4 Å². The molecule has 1 aromatic rings. The number of benzene rings is 1. The molecule has 3 N–H and O–H groups in total. The van der Waals surface area contributed by atoms with E-state index in [-0.39, 0.29) is 30.6 Å². The fourth-order valence-corrected chi connectivity index (χ4v) is 2.28.